The second kappa shape index (κ2) is 10.6. The van der Waals surface area contributed by atoms with Gasteiger partial charge in [-0.05, 0) is 0 Å². The first-order chi connectivity index (χ1) is 6.35. The average Bonchev–Trinajstić information content (AvgIpc) is 2.17. The van der Waals surface area contributed by atoms with Crippen LogP contribution < -0.4 is 12.1 Å². The van der Waals surface area contributed by atoms with E-state index in [0.29, 0.717) is 0 Å². The Morgan fingerprint density at radius 1 is 0.692 bits per heavy atom. The molecule has 0 saturated heterocycles. The standard InChI is InChI=1S/3C3H8N.Ga/c3*1-2-3-4;/h3*4H,2-3H2,1H3;/q3*-1;+3. The second-order valence-electron chi connectivity index (χ2n) is 3.30. The molecular weight excluding hydrogens is 220 g/mol. The number of nitrogens with one attached hydrogen (secondary N) is 3. The van der Waals surface area contributed by atoms with Crippen LogP contribution in [0.1, 0.15) is 40.0 Å². The van der Waals surface area contributed by atoms with Crippen LogP contribution >= 0.6 is 0 Å². The Kier molecular flexibility index (Phi) is 11.0. The van der Waals surface area contributed by atoms with Crippen LogP contribution in [0.5, 0.6) is 0 Å². The average molecular weight is 244 g/mol. The van der Waals surface area contributed by atoms with E-state index in [2.05, 4.69) is 32.8 Å². The summed E-state index contributed by atoms with van der Waals surface area (Å²) in [6.45, 7) is 10.1. The molecule has 0 aliphatic rings. The van der Waals surface area contributed by atoms with E-state index in [1.165, 1.54) is 19.3 Å². The summed E-state index contributed by atoms with van der Waals surface area (Å²) >= 11 is -1.50. The zero-order valence-electron chi connectivity index (χ0n) is 9.32. The first-order valence-corrected chi connectivity index (χ1v) is 9.18. The number of hydrogen-bond donors (Lipinski definition) is 3. The van der Waals surface area contributed by atoms with E-state index >= 15 is 0 Å². The van der Waals surface area contributed by atoms with Crippen molar-refractivity contribution in [2.45, 2.75) is 40.0 Å². The van der Waals surface area contributed by atoms with Gasteiger partial charge < -0.3 is 0 Å². The van der Waals surface area contributed by atoms with E-state index in [1.807, 2.05) is 0 Å². The van der Waals surface area contributed by atoms with Crippen molar-refractivity contribution in [1.82, 2.24) is 12.1 Å². The Morgan fingerprint density at radius 2 is 1.00 bits per heavy atom. The van der Waals surface area contributed by atoms with Crippen molar-refractivity contribution < 1.29 is 0 Å². The summed E-state index contributed by atoms with van der Waals surface area (Å²) in [6.07, 6.45) is 3.68. The first kappa shape index (κ1) is 13.5. The van der Waals surface area contributed by atoms with Gasteiger partial charge in [0.05, 0.1) is 0 Å². The van der Waals surface area contributed by atoms with Crippen LogP contribution in [0.3, 0.4) is 0 Å². The molecule has 13 heavy (non-hydrogen) atoms. The van der Waals surface area contributed by atoms with Gasteiger partial charge in [-0.25, -0.2) is 0 Å². The molecule has 3 nitrogen and oxygen atoms in total. The predicted octanol–water partition coefficient (Wildman–Crippen LogP) is 0.970. The molecule has 4 heteroatoms. The Hall–Kier alpha value is 0.516. The zero-order valence-corrected chi connectivity index (χ0v) is 11.7. The molecule has 0 saturated carbocycles. The molecule has 0 radical (unpaired) electrons. The van der Waals surface area contributed by atoms with E-state index in [4.69, 9.17) is 0 Å². The van der Waals surface area contributed by atoms with Crippen LogP contribution in [0.15, 0.2) is 0 Å². The van der Waals surface area contributed by atoms with E-state index in [-0.39, 0.29) is 0 Å². The Balaban J connectivity index is 3.47. The second-order valence-corrected chi connectivity index (χ2v) is 7.68. The van der Waals surface area contributed by atoms with Crippen molar-refractivity contribution in [3.63, 3.8) is 0 Å². The molecular formula is C9H24GaN3. The fraction of sp³-hybridized carbons (Fsp3) is 1.00. The van der Waals surface area contributed by atoms with Gasteiger partial charge in [0, 0.05) is 0 Å². The molecule has 0 aromatic heterocycles. The summed E-state index contributed by atoms with van der Waals surface area (Å²) in [5.74, 6) is 0. The summed E-state index contributed by atoms with van der Waals surface area (Å²) in [5.41, 5.74) is 0. The molecule has 78 valence electrons. The molecule has 0 heterocycles. The van der Waals surface area contributed by atoms with Crippen molar-refractivity contribution in [1.29, 1.82) is 0 Å². The molecule has 0 amide bonds. The van der Waals surface area contributed by atoms with Gasteiger partial charge in [0.2, 0.25) is 0 Å². The Bertz CT molecular complexity index is 81.8. The van der Waals surface area contributed by atoms with Crippen LogP contribution in [0, 0.1) is 0 Å². The summed E-state index contributed by atoms with van der Waals surface area (Å²) in [4.78, 5) is 0. The molecule has 0 fully saturated rings. The third-order valence-corrected chi connectivity index (χ3v) is 6.18. The predicted molar refractivity (Wildman–Crippen MR) is 60.6 cm³/mol. The molecule has 0 bridgehead atoms. The van der Waals surface area contributed by atoms with Gasteiger partial charge in [-0.3, -0.25) is 0 Å². The number of hydrogen-bond acceptors (Lipinski definition) is 3. The first-order valence-electron chi connectivity index (χ1n) is 5.55. The topological polar surface area (TPSA) is 36.1 Å². The van der Waals surface area contributed by atoms with Crippen LogP contribution in [0.4, 0.5) is 0 Å². The molecule has 0 spiro atoms. The van der Waals surface area contributed by atoms with Gasteiger partial charge in [-0.2, -0.15) is 0 Å². The van der Waals surface area contributed by atoms with Gasteiger partial charge in [0.1, 0.15) is 0 Å². The van der Waals surface area contributed by atoms with Crippen molar-refractivity contribution in [3.8, 4) is 0 Å². The van der Waals surface area contributed by atoms with E-state index < -0.39 is 16.9 Å². The summed E-state index contributed by atoms with van der Waals surface area (Å²) in [6, 6.07) is 0. The minimum absolute atomic E-state index is 1.15. The number of rotatable bonds is 9. The van der Waals surface area contributed by atoms with Gasteiger partial charge in [0.25, 0.3) is 0 Å². The van der Waals surface area contributed by atoms with Gasteiger partial charge in [0.15, 0.2) is 0 Å². The minimum atomic E-state index is -1.50. The van der Waals surface area contributed by atoms with E-state index in [1.54, 1.807) is 0 Å². The van der Waals surface area contributed by atoms with Crippen molar-refractivity contribution in [2.75, 3.05) is 19.6 Å². The molecule has 0 atom stereocenters. The molecule has 0 aliphatic heterocycles. The summed E-state index contributed by atoms with van der Waals surface area (Å²) in [7, 11) is 0. The van der Waals surface area contributed by atoms with Gasteiger partial charge in [-0.15, -0.1) is 0 Å². The zero-order chi connectivity index (χ0) is 9.94. The van der Waals surface area contributed by atoms with E-state index in [9.17, 15) is 0 Å². The molecule has 0 rings (SSSR count). The third kappa shape index (κ3) is 8.84. The maximum absolute atomic E-state index is 3.60. The van der Waals surface area contributed by atoms with Crippen LogP contribution in [-0.4, -0.2) is 36.6 Å². The third-order valence-electron chi connectivity index (χ3n) is 1.80. The molecule has 0 unspecified atom stereocenters. The van der Waals surface area contributed by atoms with Crippen LogP contribution in [0.25, 0.3) is 0 Å². The van der Waals surface area contributed by atoms with E-state index in [0.717, 1.165) is 19.6 Å². The van der Waals surface area contributed by atoms with Gasteiger partial charge >= 0.3 is 88.7 Å². The summed E-state index contributed by atoms with van der Waals surface area (Å²) < 4.78 is 10.8. The Labute approximate surface area is 88.9 Å². The molecule has 0 aliphatic carbocycles. The summed E-state index contributed by atoms with van der Waals surface area (Å²) in [5, 5.41) is 0. The van der Waals surface area contributed by atoms with Crippen molar-refractivity contribution in [2.24, 2.45) is 0 Å². The fourth-order valence-electron chi connectivity index (χ4n) is 1.08. The normalized spacial score (nSPS) is 10.4. The molecule has 0 aromatic rings. The quantitative estimate of drug-likeness (QED) is 0.529. The van der Waals surface area contributed by atoms with Crippen LogP contribution in [0.2, 0.25) is 0 Å². The Morgan fingerprint density at radius 3 is 1.23 bits per heavy atom. The molecule has 0 aromatic carbocycles. The molecule has 3 N–H and O–H groups in total. The van der Waals surface area contributed by atoms with Crippen molar-refractivity contribution >= 4 is 16.9 Å². The SMILES string of the molecule is CCC[NH][Ga]([NH]CCC)[NH]CCC. The fourth-order valence-corrected chi connectivity index (χ4v) is 5.62. The van der Waals surface area contributed by atoms with Crippen LogP contribution in [-0.2, 0) is 0 Å². The van der Waals surface area contributed by atoms with Gasteiger partial charge in [-0.1, -0.05) is 0 Å². The monoisotopic (exact) mass is 243 g/mol. The maximum atomic E-state index is 3.60. The van der Waals surface area contributed by atoms with Crippen molar-refractivity contribution in [3.05, 3.63) is 0 Å².